The minimum atomic E-state index is -4.33. The molecule has 0 heterocycles. The minimum Gasteiger partial charge on any atom is -0.756 e. The lowest BCUT2D eigenvalue weighted by atomic mass is 10.3. The van der Waals surface area contributed by atoms with Gasteiger partial charge in [0.15, 0.2) is 0 Å². The molecule has 0 aromatic rings. The van der Waals surface area contributed by atoms with E-state index in [0.29, 0.717) is 6.42 Å². The van der Waals surface area contributed by atoms with Gasteiger partial charge in [0.25, 0.3) is 7.82 Å². The Bertz CT molecular complexity index is 391. The van der Waals surface area contributed by atoms with Crippen molar-refractivity contribution in [2.75, 3.05) is 47.5 Å². The summed E-state index contributed by atoms with van der Waals surface area (Å²) in [7, 11) is 1.87. The van der Waals surface area contributed by atoms with E-state index in [-0.39, 0.29) is 25.4 Å². The maximum atomic E-state index is 11.4. The van der Waals surface area contributed by atoms with Gasteiger partial charge in [-0.25, -0.2) is 4.79 Å². The number of nitrogens with zero attached hydrogens (tertiary/aromatic N) is 1. The maximum Gasteiger partial charge on any atom is 0.333 e. The van der Waals surface area contributed by atoms with E-state index < -0.39 is 13.8 Å². The lowest BCUT2D eigenvalue weighted by Gasteiger charge is -2.25. The number of esters is 1. The zero-order chi connectivity index (χ0) is 16.5. The quantitative estimate of drug-likeness (QED) is 0.186. The molecule has 0 saturated heterocycles. The predicted molar refractivity (Wildman–Crippen MR) is 77.4 cm³/mol. The molecule has 0 fully saturated rings. The summed E-state index contributed by atoms with van der Waals surface area (Å²) in [5, 5.41) is 0. The first-order chi connectivity index (χ1) is 9.53. The number of unbranched alkanes of at least 4 members (excludes halogenated alkanes) is 1. The second kappa shape index (κ2) is 9.33. The van der Waals surface area contributed by atoms with Gasteiger partial charge in [-0.15, -0.1) is 0 Å². The number of hydrogen-bond acceptors (Lipinski definition) is 6. The summed E-state index contributed by atoms with van der Waals surface area (Å²) >= 11 is 0. The Morgan fingerprint density at radius 2 is 1.71 bits per heavy atom. The van der Waals surface area contributed by atoms with Crippen molar-refractivity contribution in [3.05, 3.63) is 12.2 Å². The van der Waals surface area contributed by atoms with Crippen molar-refractivity contribution in [2.45, 2.75) is 19.8 Å². The van der Waals surface area contributed by atoms with Crippen molar-refractivity contribution in [3.63, 3.8) is 0 Å². The molecule has 7 nitrogen and oxygen atoms in total. The monoisotopic (exact) mass is 323 g/mol. The van der Waals surface area contributed by atoms with Crippen LogP contribution in [0.5, 0.6) is 0 Å². The minimum absolute atomic E-state index is 0.0896. The topological polar surface area (TPSA) is 84.9 Å². The predicted octanol–water partition coefficient (Wildman–Crippen LogP) is 1.09. The van der Waals surface area contributed by atoms with Crippen molar-refractivity contribution in [1.29, 1.82) is 0 Å². The Kier molecular flexibility index (Phi) is 9.01. The molecule has 0 rings (SSSR count). The summed E-state index contributed by atoms with van der Waals surface area (Å²) < 4.78 is 26.2. The summed E-state index contributed by atoms with van der Waals surface area (Å²) in [6, 6.07) is 0. The Labute approximate surface area is 126 Å². The third kappa shape index (κ3) is 12.7. The zero-order valence-corrected chi connectivity index (χ0v) is 14.2. The Balaban J connectivity index is 3.72. The second-order valence-electron chi connectivity index (χ2n) is 5.75. The molecule has 0 aromatic heterocycles. The lowest BCUT2D eigenvalue weighted by Crippen LogP contribution is -2.35. The number of ether oxygens (including phenoxy) is 1. The van der Waals surface area contributed by atoms with Crippen LogP contribution in [0.1, 0.15) is 19.8 Å². The standard InChI is InChI=1S/C13H26NO6P/c1-12(2)13(15)18-10-11-20-21(16,17)19-9-7-6-8-14(3,4)5/h1,6-11H2,2-5H3. The highest BCUT2D eigenvalue weighted by atomic mass is 31.2. The van der Waals surface area contributed by atoms with E-state index in [4.69, 9.17) is 9.26 Å². The van der Waals surface area contributed by atoms with Crippen LogP contribution < -0.4 is 4.89 Å². The number of quaternary nitrogens is 1. The first-order valence-corrected chi connectivity index (χ1v) is 8.23. The molecule has 0 radical (unpaired) electrons. The van der Waals surface area contributed by atoms with E-state index >= 15 is 0 Å². The van der Waals surface area contributed by atoms with Gasteiger partial charge in [0.05, 0.1) is 40.9 Å². The van der Waals surface area contributed by atoms with Gasteiger partial charge in [-0.05, 0) is 19.8 Å². The van der Waals surface area contributed by atoms with Crippen LogP contribution in [0.15, 0.2) is 12.2 Å². The average molecular weight is 323 g/mol. The molecule has 0 aliphatic rings. The Morgan fingerprint density at radius 3 is 2.24 bits per heavy atom. The molecule has 124 valence electrons. The normalized spacial score (nSPS) is 14.5. The Morgan fingerprint density at radius 1 is 1.14 bits per heavy atom. The molecular weight excluding hydrogens is 297 g/mol. The van der Waals surface area contributed by atoms with Gasteiger partial charge < -0.3 is 23.2 Å². The van der Waals surface area contributed by atoms with E-state index in [9.17, 15) is 14.3 Å². The average Bonchev–Trinajstić information content (AvgIpc) is 2.32. The first kappa shape index (κ1) is 20.3. The second-order valence-corrected chi connectivity index (χ2v) is 7.16. The molecule has 0 aliphatic carbocycles. The van der Waals surface area contributed by atoms with Crippen LogP contribution in [0.3, 0.4) is 0 Å². The molecule has 0 spiro atoms. The fourth-order valence-electron chi connectivity index (χ4n) is 1.31. The van der Waals surface area contributed by atoms with Crippen molar-refractivity contribution >= 4 is 13.8 Å². The van der Waals surface area contributed by atoms with Crippen LogP contribution in [-0.2, 0) is 23.1 Å². The van der Waals surface area contributed by atoms with E-state index in [2.05, 4.69) is 32.2 Å². The third-order valence-corrected chi connectivity index (χ3v) is 3.38. The molecule has 0 N–H and O–H groups in total. The summed E-state index contributed by atoms with van der Waals surface area (Å²) in [5.41, 5.74) is 0.244. The summed E-state index contributed by atoms with van der Waals surface area (Å²) in [6.45, 7) is 5.50. The summed E-state index contributed by atoms with van der Waals surface area (Å²) in [5.74, 6) is -0.583. The largest absolute Gasteiger partial charge is 0.756 e. The molecular formula is C13H26NO6P. The number of carbonyl (C=O) groups excluding carboxylic acids is 1. The molecule has 1 unspecified atom stereocenters. The fraction of sp³-hybridized carbons (Fsp3) is 0.769. The summed E-state index contributed by atoms with van der Waals surface area (Å²) in [4.78, 5) is 22.4. The van der Waals surface area contributed by atoms with Gasteiger partial charge in [-0.2, -0.15) is 0 Å². The molecule has 0 aliphatic heterocycles. The lowest BCUT2D eigenvalue weighted by molar-refractivity contribution is -0.870. The van der Waals surface area contributed by atoms with E-state index in [1.54, 1.807) is 0 Å². The fourth-order valence-corrected chi connectivity index (χ4v) is 2.03. The van der Waals surface area contributed by atoms with Crippen molar-refractivity contribution in [2.24, 2.45) is 0 Å². The molecule has 21 heavy (non-hydrogen) atoms. The van der Waals surface area contributed by atoms with E-state index in [0.717, 1.165) is 17.4 Å². The van der Waals surface area contributed by atoms with Crippen LogP contribution in [0, 0.1) is 0 Å². The van der Waals surface area contributed by atoms with Gasteiger partial charge in [0.2, 0.25) is 0 Å². The first-order valence-electron chi connectivity index (χ1n) is 6.77. The van der Waals surface area contributed by atoms with Crippen LogP contribution >= 0.6 is 7.82 Å². The zero-order valence-electron chi connectivity index (χ0n) is 13.3. The Hall–Kier alpha value is -0.720. The van der Waals surface area contributed by atoms with Crippen LogP contribution in [0.4, 0.5) is 0 Å². The molecule has 0 aromatic carbocycles. The number of rotatable bonds is 11. The molecule has 0 amide bonds. The van der Waals surface area contributed by atoms with Crippen molar-refractivity contribution in [1.82, 2.24) is 0 Å². The highest BCUT2D eigenvalue weighted by Gasteiger charge is 2.11. The van der Waals surface area contributed by atoms with Gasteiger partial charge in [-0.1, -0.05) is 6.58 Å². The van der Waals surface area contributed by atoms with Crippen LogP contribution in [0.2, 0.25) is 0 Å². The number of phosphoric ester groups is 1. The SMILES string of the molecule is C=C(C)C(=O)OCCOP(=O)([O-])OCCCC[N+](C)(C)C. The van der Waals surface area contributed by atoms with Gasteiger partial charge in [-0.3, -0.25) is 4.57 Å². The van der Waals surface area contributed by atoms with Gasteiger partial charge >= 0.3 is 5.97 Å². The number of phosphoric acid groups is 1. The van der Waals surface area contributed by atoms with Crippen LogP contribution in [-0.4, -0.2) is 58.0 Å². The highest BCUT2D eigenvalue weighted by molar-refractivity contribution is 7.45. The van der Waals surface area contributed by atoms with Crippen LogP contribution in [0.25, 0.3) is 0 Å². The van der Waals surface area contributed by atoms with Gasteiger partial charge in [0.1, 0.15) is 6.61 Å². The summed E-state index contributed by atoms with van der Waals surface area (Å²) in [6.07, 6.45) is 1.50. The van der Waals surface area contributed by atoms with Gasteiger partial charge in [0, 0.05) is 5.57 Å². The van der Waals surface area contributed by atoms with E-state index in [1.807, 2.05) is 0 Å². The molecule has 0 bridgehead atoms. The van der Waals surface area contributed by atoms with Crippen molar-refractivity contribution < 1.29 is 32.5 Å². The molecule has 0 saturated carbocycles. The highest BCUT2D eigenvalue weighted by Crippen LogP contribution is 2.38. The molecule has 1 atom stereocenters. The van der Waals surface area contributed by atoms with E-state index in [1.165, 1.54) is 6.92 Å². The number of carbonyl (C=O) groups is 1. The third-order valence-electron chi connectivity index (χ3n) is 2.39. The molecule has 8 heteroatoms. The number of hydrogen-bond donors (Lipinski definition) is 0. The smallest absolute Gasteiger partial charge is 0.333 e. The van der Waals surface area contributed by atoms with Crippen molar-refractivity contribution in [3.8, 4) is 0 Å². The maximum absolute atomic E-state index is 11.4.